The zero-order chi connectivity index (χ0) is 22.7. The van der Waals surface area contributed by atoms with Gasteiger partial charge in [0, 0.05) is 12.7 Å². The van der Waals surface area contributed by atoms with Gasteiger partial charge in [-0.05, 0) is 45.4 Å². The normalized spacial score (nSPS) is 11.9. The Morgan fingerprint density at radius 3 is 2.61 bits per heavy atom. The van der Waals surface area contributed by atoms with E-state index in [9.17, 15) is 9.59 Å². The first kappa shape index (κ1) is 22.6. The number of carbonyl (C=O) groups is 2. The number of aromatic amines is 1. The Labute approximate surface area is 185 Å². The van der Waals surface area contributed by atoms with Gasteiger partial charge in [0.15, 0.2) is 16.8 Å². The molecule has 9 heteroatoms. The average Bonchev–Trinajstić information content (AvgIpc) is 3.26. The Kier molecular flexibility index (Phi) is 6.84. The molecule has 0 aliphatic carbocycles. The summed E-state index contributed by atoms with van der Waals surface area (Å²) in [5.41, 5.74) is 2.86. The minimum atomic E-state index is -0.444. The van der Waals surface area contributed by atoms with Crippen molar-refractivity contribution in [2.75, 3.05) is 13.7 Å². The van der Waals surface area contributed by atoms with E-state index in [1.54, 1.807) is 27.9 Å². The van der Waals surface area contributed by atoms with E-state index in [1.807, 2.05) is 42.8 Å². The first-order valence-corrected chi connectivity index (χ1v) is 10.8. The van der Waals surface area contributed by atoms with Gasteiger partial charge in [0.1, 0.15) is 5.75 Å². The molecule has 2 heterocycles. The lowest BCUT2D eigenvalue weighted by Gasteiger charge is -2.11. The van der Waals surface area contributed by atoms with Gasteiger partial charge in [0.2, 0.25) is 0 Å². The standard InChI is InChI=1S/C22H26N4O4S/c1-7-30-21(28)17-12(2)18(23-13(17)3)19(27)14(4)31-22-25-24-20(26(22)5)15-10-8-9-11-16(15)29-6/h8-11,14,23H,7H2,1-6H3. The van der Waals surface area contributed by atoms with Crippen LogP contribution in [0.2, 0.25) is 0 Å². The van der Waals surface area contributed by atoms with Gasteiger partial charge in [0.25, 0.3) is 0 Å². The number of rotatable bonds is 8. The maximum atomic E-state index is 13.1. The number of methoxy groups -OCH3 is 1. The molecule has 1 atom stereocenters. The third-order valence-corrected chi connectivity index (χ3v) is 6.13. The maximum absolute atomic E-state index is 13.1. The van der Waals surface area contributed by atoms with E-state index in [4.69, 9.17) is 9.47 Å². The van der Waals surface area contributed by atoms with E-state index in [1.165, 1.54) is 11.8 Å². The number of carbonyl (C=O) groups excluding carboxylic acids is 2. The van der Waals surface area contributed by atoms with Gasteiger partial charge in [-0.1, -0.05) is 23.9 Å². The molecule has 0 fully saturated rings. The van der Waals surface area contributed by atoms with Crippen LogP contribution in [0, 0.1) is 13.8 Å². The molecular weight excluding hydrogens is 416 g/mol. The minimum Gasteiger partial charge on any atom is -0.496 e. The van der Waals surface area contributed by atoms with Crippen LogP contribution in [0.5, 0.6) is 5.75 Å². The quantitative estimate of drug-likeness (QED) is 0.320. The molecular formula is C22H26N4O4S. The molecule has 0 radical (unpaired) electrons. The Bertz CT molecular complexity index is 1120. The van der Waals surface area contributed by atoms with Crippen LogP contribution in [0.1, 0.15) is 46.0 Å². The van der Waals surface area contributed by atoms with Crippen molar-refractivity contribution in [2.24, 2.45) is 7.05 Å². The van der Waals surface area contributed by atoms with Crippen molar-refractivity contribution in [2.45, 2.75) is 38.1 Å². The Hall–Kier alpha value is -3.07. The molecule has 8 nitrogen and oxygen atoms in total. The molecule has 0 aliphatic rings. The smallest absolute Gasteiger partial charge is 0.340 e. The second-order valence-electron chi connectivity index (χ2n) is 7.04. The van der Waals surface area contributed by atoms with Gasteiger partial charge < -0.3 is 19.0 Å². The molecule has 0 bridgehead atoms. The number of ether oxygens (including phenoxy) is 2. The number of esters is 1. The van der Waals surface area contributed by atoms with E-state index < -0.39 is 11.2 Å². The van der Waals surface area contributed by atoms with Gasteiger partial charge >= 0.3 is 5.97 Å². The van der Waals surface area contributed by atoms with Crippen molar-refractivity contribution in [1.29, 1.82) is 0 Å². The van der Waals surface area contributed by atoms with Crippen LogP contribution in [-0.2, 0) is 11.8 Å². The van der Waals surface area contributed by atoms with Gasteiger partial charge in [0.05, 0.1) is 35.8 Å². The van der Waals surface area contributed by atoms with Crippen LogP contribution in [0.25, 0.3) is 11.4 Å². The van der Waals surface area contributed by atoms with Crippen LogP contribution in [-0.4, -0.2) is 50.5 Å². The number of nitrogens with one attached hydrogen (secondary N) is 1. The van der Waals surface area contributed by atoms with E-state index >= 15 is 0 Å². The zero-order valence-electron chi connectivity index (χ0n) is 18.5. The fourth-order valence-corrected chi connectivity index (χ4v) is 4.28. The summed E-state index contributed by atoms with van der Waals surface area (Å²) in [5.74, 6) is 0.796. The number of H-pyrrole nitrogens is 1. The van der Waals surface area contributed by atoms with Gasteiger partial charge in [-0.25, -0.2) is 4.79 Å². The van der Waals surface area contributed by atoms with Gasteiger partial charge in [-0.3, -0.25) is 4.79 Å². The molecule has 0 saturated heterocycles. The van der Waals surface area contributed by atoms with Crippen molar-refractivity contribution >= 4 is 23.5 Å². The van der Waals surface area contributed by atoms with Crippen molar-refractivity contribution < 1.29 is 19.1 Å². The summed E-state index contributed by atoms with van der Waals surface area (Å²) in [6, 6.07) is 7.57. The molecule has 0 aliphatic heterocycles. The fourth-order valence-electron chi connectivity index (χ4n) is 3.40. The Morgan fingerprint density at radius 2 is 1.94 bits per heavy atom. The average molecular weight is 443 g/mol. The van der Waals surface area contributed by atoms with E-state index in [0.29, 0.717) is 39.2 Å². The molecule has 31 heavy (non-hydrogen) atoms. The topological polar surface area (TPSA) is 99.1 Å². The number of benzene rings is 1. The van der Waals surface area contributed by atoms with Crippen molar-refractivity contribution in [1.82, 2.24) is 19.7 Å². The Morgan fingerprint density at radius 1 is 1.23 bits per heavy atom. The molecule has 164 valence electrons. The highest BCUT2D eigenvalue weighted by Gasteiger charge is 2.27. The summed E-state index contributed by atoms with van der Waals surface area (Å²) < 4.78 is 12.4. The number of nitrogens with zero attached hydrogens (tertiary/aromatic N) is 3. The molecule has 0 spiro atoms. The zero-order valence-corrected chi connectivity index (χ0v) is 19.3. The summed E-state index contributed by atoms with van der Waals surface area (Å²) in [4.78, 5) is 28.4. The summed E-state index contributed by atoms with van der Waals surface area (Å²) in [6.45, 7) is 7.35. The molecule has 1 unspecified atom stereocenters. The van der Waals surface area contributed by atoms with E-state index in [0.717, 1.165) is 5.56 Å². The summed E-state index contributed by atoms with van der Waals surface area (Å²) in [5, 5.41) is 8.72. The predicted molar refractivity (Wildman–Crippen MR) is 119 cm³/mol. The maximum Gasteiger partial charge on any atom is 0.340 e. The highest BCUT2D eigenvalue weighted by atomic mass is 32.2. The first-order valence-electron chi connectivity index (χ1n) is 9.90. The van der Waals surface area contributed by atoms with Crippen molar-refractivity contribution in [3.05, 3.63) is 46.8 Å². The lowest BCUT2D eigenvalue weighted by molar-refractivity contribution is 0.0525. The highest BCUT2D eigenvalue weighted by molar-refractivity contribution is 8.00. The third-order valence-electron chi connectivity index (χ3n) is 5.00. The lowest BCUT2D eigenvalue weighted by Crippen LogP contribution is -2.16. The molecule has 1 N–H and O–H groups in total. The van der Waals surface area contributed by atoms with E-state index in [2.05, 4.69) is 15.2 Å². The van der Waals surface area contributed by atoms with Crippen LogP contribution < -0.4 is 4.74 Å². The summed E-state index contributed by atoms with van der Waals surface area (Å²) in [6.07, 6.45) is 0. The molecule has 3 aromatic rings. The largest absolute Gasteiger partial charge is 0.496 e. The molecule has 0 amide bonds. The molecule has 1 aromatic carbocycles. The van der Waals surface area contributed by atoms with Crippen LogP contribution in [0.15, 0.2) is 29.4 Å². The summed E-state index contributed by atoms with van der Waals surface area (Å²) in [7, 11) is 3.46. The number of thioether (sulfide) groups is 1. The SMILES string of the molecule is CCOC(=O)c1c(C)[nH]c(C(=O)C(C)Sc2nnc(-c3ccccc3OC)n2C)c1C. The predicted octanol–water partition coefficient (Wildman–Crippen LogP) is 3.98. The number of aryl methyl sites for hydroxylation is 1. The number of hydrogen-bond acceptors (Lipinski definition) is 7. The molecule has 3 rings (SSSR count). The van der Waals surface area contributed by atoms with Crippen molar-refractivity contribution in [3.63, 3.8) is 0 Å². The van der Waals surface area contributed by atoms with Gasteiger partial charge in [-0.2, -0.15) is 0 Å². The molecule has 2 aromatic heterocycles. The third kappa shape index (κ3) is 4.36. The Balaban J connectivity index is 1.84. The van der Waals surface area contributed by atoms with Crippen LogP contribution in [0.4, 0.5) is 0 Å². The van der Waals surface area contributed by atoms with Gasteiger partial charge in [-0.15, -0.1) is 10.2 Å². The van der Waals surface area contributed by atoms with Crippen LogP contribution >= 0.6 is 11.8 Å². The summed E-state index contributed by atoms with van der Waals surface area (Å²) >= 11 is 1.31. The second-order valence-corrected chi connectivity index (χ2v) is 8.34. The highest BCUT2D eigenvalue weighted by Crippen LogP contribution is 2.32. The monoisotopic (exact) mass is 442 g/mol. The second kappa shape index (κ2) is 9.38. The van der Waals surface area contributed by atoms with Crippen molar-refractivity contribution in [3.8, 4) is 17.1 Å². The van der Waals surface area contributed by atoms with E-state index in [-0.39, 0.29) is 12.4 Å². The molecule has 0 saturated carbocycles. The number of aromatic nitrogens is 4. The number of ketones is 1. The lowest BCUT2D eigenvalue weighted by atomic mass is 10.1. The van der Waals surface area contributed by atoms with Crippen LogP contribution in [0.3, 0.4) is 0 Å². The minimum absolute atomic E-state index is 0.122. The number of para-hydroxylation sites is 1. The number of Topliss-reactive ketones (excluding diaryl/α,β-unsaturated/α-hetero) is 1. The first-order chi connectivity index (χ1) is 14.8. The number of hydrogen-bond donors (Lipinski definition) is 1. The fraction of sp³-hybridized carbons (Fsp3) is 0.364.